The molecule has 2 amide bonds. The summed E-state index contributed by atoms with van der Waals surface area (Å²) in [6, 6.07) is 5.97. The van der Waals surface area contributed by atoms with Crippen molar-refractivity contribution in [1.82, 2.24) is 24.5 Å². The number of amides is 2. The number of hydrogen-bond donors (Lipinski definition) is 1. The number of aryl methyl sites for hydroxylation is 1. The van der Waals surface area contributed by atoms with Crippen LogP contribution in [0.15, 0.2) is 24.4 Å². The molecule has 150 valence electrons. The number of nitrogens with one attached hydrogen (secondary N) is 1. The average molecular weight is 383 g/mol. The molecule has 2 aliphatic rings. The molecular weight excluding hydrogens is 354 g/mol. The molecule has 7 nitrogen and oxygen atoms in total. The molecule has 1 aliphatic carbocycles. The standard InChI is InChI=1S/C21H29N5O2/c1-15-18(26-11-6-5-9-19(26)23-15)14-24(2)20(27)13-17-21(28)22-10-12-25(17)16-7-3-4-8-16/h5-6,9,11,16-17H,3-4,7-8,10,12-14H2,1-2H3,(H,22,28). The lowest BCUT2D eigenvalue weighted by molar-refractivity contribution is -0.139. The van der Waals surface area contributed by atoms with Crippen LogP contribution in [0.25, 0.3) is 5.65 Å². The molecule has 4 rings (SSSR count). The predicted molar refractivity (Wildman–Crippen MR) is 107 cm³/mol. The van der Waals surface area contributed by atoms with Crippen LogP contribution < -0.4 is 5.32 Å². The Hall–Kier alpha value is -2.41. The highest BCUT2D eigenvalue weighted by Crippen LogP contribution is 2.27. The molecule has 0 bridgehead atoms. The van der Waals surface area contributed by atoms with Crippen molar-refractivity contribution < 1.29 is 9.59 Å². The van der Waals surface area contributed by atoms with Gasteiger partial charge in [-0.2, -0.15) is 0 Å². The maximum absolute atomic E-state index is 13.0. The summed E-state index contributed by atoms with van der Waals surface area (Å²) in [7, 11) is 1.81. The number of imidazole rings is 1. The van der Waals surface area contributed by atoms with Gasteiger partial charge >= 0.3 is 0 Å². The van der Waals surface area contributed by atoms with Crippen molar-refractivity contribution in [1.29, 1.82) is 0 Å². The van der Waals surface area contributed by atoms with Crippen LogP contribution in [-0.2, 0) is 16.1 Å². The van der Waals surface area contributed by atoms with E-state index >= 15 is 0 Å². The first-order chi connectivity index (χ1) is 13.5. The highest BCUT2D eigenvalue weighted by Gasteiger charge is 2.37. The number of rotatable bonds is 5. The van der Waals surface area contributed by atoms with E-state index in [0.717, 1.165) is 36.4 Å². The van der Waals surface area contributed by atoms with Crippen LogP contribution in [0.3, 0.4) is 0 Å². The van der Waals surface area contributed by atoms with E-state index in [1.165, 1.54) is 12.8 Å². The Kier molecular flexibility index (Phi) is 5.35. The second-order valence-electron chi connectivity index (χ2n) is 8.01. The molecule has 28 heavy (non-hydrogen) atoms. The summed E-state index contributed by atoms with van der Waals surface area (Å²) in [4.78, 5) is 34.1. The third kappa shape index (κ3) is 3.63. The van der Waals surface area contributed by atoms with Crippen molar-refractivity contribution in [2.24, 2.45) is 0 Å². The molecule has 1 atom stereocenters. The fourth-order valence-corrected chi connectivity index (χ4v) is 4.60. The molecule has 1 saturated carbocycles. The molecule has 2 aromatic heterocycles. The summed E-state index contributed by atoms with van der Waals surface area (Å²) in [5.74, 6) is -0.0128. The van der Waals surface area contributed by atoms with Crippen LogP contribution in [0.4, 0.5) is 0 Å². The second kappa shape index (κ2) is 7.91. The van der Waals surface area contributed by atoms with E-state index in [4.69, 9.17) is 0 Å². The first kappa shape index (κ1) is 18.9. The maximum Gasteiger partial charge on any atom is 0.237 e. The number of hydrogen-bond acceptors (Lipinski definition) is 4. The van der Waals surface area contributed by atoms with Gasteiger partial charge in [0.2, 0.25) is 11.8 Å². The zero-order valence-corrected chi connectivity index (χ0v) is 16.7. The number of pyridine rings is 1. The lowest BCUT2D eigenvalue weighted by Crippen LogP contribution is -2.59. The van der Waals surface area contributed by atoms with Gasteiger partial charge in [0.15, 0.2) is 0 Å². The monoisotopic (exact) mass is 383 g/mol. The Morgan fingerprint density at radius 3 is 2.89 bits per heavy atom. The molecule has 0 radical (unpaired) electrons. The Bertz CT molecular complexity index is 871. The molecule has 7 heteroatoms. The van der Waals surface area contributed by atoms with Crippen LogP contribution in [0, 0.1) is 6.92 Å². The van der Waals surface area contributed by atoms with Gasteiger partial charge in [-0.25, -0.2) is 4.98 Å². The van der Waals surface area contributed by atoms with E-state index in [9.17, 15) is 9.59 Å². The number of carbonyl (C=O) groups is 2. The van der Waals surface area contributed by atoms with Crippen molar-refractivity contribution in [3.8, 4) is 0 Å². The lowest BCUT2D eigenvalue weighted by Gasteiger charge is -2.39. The van der Waals surface area contributed by atoms with E-state index in [0.29, 0.717) is 19.1 Å². The maximum atomic E-state index is 13.0. The lowest BCUT2D eigenvalue weighted by atomic mass is 10.0. The van der Waals surface area contributed by atoms with Crippen molar-refractivity contribution in [3.63, 3.8) is 0 Å². The SMILES string of the molecule is Cc1nc2ccccn2c1CN(C)C(=O)CC1C(=O)NCCN1C1CCCC1. The number of fused-ring (bicyclic) bond motifs is 1. The predicted octanol–water partition coefficient (Wildman–Crippen LogP) is 1.73. The number of carbonyl (C=O) groups excluding carboxylic acids is 2. The smallest absolute Gasteiger partial charge is 0.237 e. The minimum atomic E-state index is -0.352. The number of piperazine rings is 1. The van der Waals surface area contributed by atoms with Gasteiger partial charge in [-0.15, -0.1) is 0 Å². The normalized spacial score (nSPS) is 21.2. The Morgan fingerprint density at radius 1 is 1.32 bits per heavy atom. The van der Waals surface area contributed by atoms with Crippen LogP contribution >= 0.6 is 0 Å². The number of nitrogens with zero attached hydrogens (tertiary/aromatic N) is 4. The van der Waals surface area contributed by atoms with Gasteiger partial charge in [0.25, 0.3) is 0 Å². The largest absolute Gasteiger partial charge is 0.353 e. The zero-order valence-electron chi connectivity index (χ0n) is 16.7. The van der Waals surface area contributed by atoms with Crippen molar-refractivity contribution >= 4 is 17.5 Å². The quantitative estimate of drug-likeness (QED) is 0.854. The molecule has 0 aromatic carbocycles. The van der Waals surface area contributed by atoms with Crippen LogP contribution in [0.1, 0.15) is 43.5 Å². The zero-order chi connectivity index (χ0) is 19.7. The molecule has 2 aromatic rings. The molecular formula is C21H29N5O2. The summed E-state index contributed by atoms with van der Waals surface area (Å²) in [6.07, 6.45) is 6.91. The van der Waals surface area contributed by atoms with E-state index in [2.05, 4.69) is 15.2 Å². The van der Waals surface area contributed by atoms with Gasteiger partial charge in [0, 0.05) is 32.4 Å². The minimum absolute atomic E-state index is 0.00433. The summed E-state index contributed by atoms with van der Waals surface area (Å²) in [5, 5.41) is 2.94. The Labute approximate surface area is 165 Å². The summed E-state index contributed by atoms with van der Waals surface area (Å²) in [6.45, 7) is 3.96. The third-order valence-corrected chi connectivity index (χ3v) is 6.18. The molecule has 1 unspecified atom stereocenters. The van der Waals surface area contributed by atoms with Gasteiger partial charge in [-0.05, 0) is 31.9 Å². The van der Waals surface area contributed by atoms with Crippen LogP contribution in [-0.4, -0.2) is 63.2 Å². The first-order valence-electron chi connectivity index (χ1n) is 10.2. The van der Waals surface area contributed by atoms with E-state index in [1.54, 1.807) is 4.90 Å². The summed E-state index contributed by atoms with van der Waals surface area (Å²) < 4.78 is 2.03. The summed E-state index contributed by atoms with van der Waals surface area (Å²) >= 11 is 0. The fourth-order valence-electron chi connectivity index (χ4n) is 4.60. The molecule has 1 aliphatic heterocycles. The van der Waals surface area contributed by atoms with Crippen molar-refractivity contribution in [2.75, 3.05) is 20.1 Å². The van der Waals surface area contributed by atoms with Gasteiger partial charge < -0.3 is 14.6 Å². The summed E-state index contributed by atoms with van der Waals surface area (Å²) in [5.41, 5.74) is 2.82. The van der Waals surface area contributed by atoms with Crippen LogP contribution in [0.5, 0.6) is 0 Å². The topological polar surface area (TPSA) is 69.9 Å². The van der Waals surface area contributed by atoms with E-state index < -0.39 is 0 Å². The highest BCUT2D eigenvalue weighted by molar-refractivity contribution is 5.88. The first-order valence-corrected chi connectivity index (χ1v) is 10.2. The van der Waals surface area contributed by atoms with Gasteiger partial charge in [-0.1, -0.05) is 18.9 Å². The fraction of sp³-hybridized carbons (Fsp3) is 0.571. The van der Waals surface area contributed by atoms with Gasteiger partial charge in [-0.3, -0.25) is 14.5 Å². The molecule has 1 N–H and O–H groups in total. The second-order valence-corrected chi connectivity index (χ2v) is 8.01. The van der Waals surface area contributed by atoms with E-state index in [1.807, 2.05) is 42.8 Å². The third-order valence-electron chi connectivity index (χ3n) is 6.18. The van der Waals surface area contributed by atoms with Crippen molar-refractivity contribution in [2.45, 2.75) is 57.7 Å². The van der Waals surface area contributed by atoms with Crippen LogP contribution in [0.2, 0.25) is 0 Å². The average Bonchev–Trinajstić information content (AvgIpc) is 3.32. The van der Waals surface area contributed by atoms with E-state index in [-0.39, 0.29) is 24.3 Å². The molecule has 0 spiro atoms. The molecule has 3 heterocycles. The van der Waals surface area contributed by atoms with Gasteiger partial charge in [0.1, 0.15) is 5.65 Å². The van der Waals surface area contributed by atoms with Gasteiger partial charge in [0.05, 0.1) is 30.4 Å². The Morgan fingerprint density at radius 2 is 2.11 bits per heavy atom. The van der Waals surface area contributed by atoms with Crippen molar-refractivity contribution in [3.05, 3.63) is 35.8 Å². The molecule has 1 saturated heterocycles. The minimum Gasteiger partial charge on any atom is -0.353 e. The Balaban J connectivity index is 1.47. The number of aromatic nitrogens is 2. The molecule has 2 fully saturated rings. The highest BCUT2D eigenvalue weighted by atomic mass is 16.2.